The van der Waals surface area contributed by atoms with E-state index < -0.39 is 5.97 Å². The zero-order valence-corrected chi connectivity index (χ0v) is 7.83. The number of rotatable bonds is 1. The molecule has 14 heavy (non-hydrogen) atoms. The average molecular weight is 190 g/mol. The van der Waals surface area contributed by atoms with Crippen LogP contribution in [0.4, 0.5) is 0 Å². The Kier molecular flexibility index (Phi) is 1.88. The van der Waals surface area contributed by atoms with Crippen molar-refractivity contribution >= 4 is 11.8 Å². The fourth-order valence-corrected chi connectivity index (χ4v) is 1.93. The predicted octanol–water partition coefficient (Wildman–Crippen LogP) is 1.82. The number of hydrogen-bond donors (Lipinski definition) is 1. The minimum atomic E-state index is -1.02. The quantitative estimate of drug-likeness (QED) is 0.734. The first kappa shape index (κ1) is 8.94. The molecule has 0 spiro atoms. The molecular formula is C11H10O3. The highest BCUT2D eigenvalue weighted by Crippen LogP contribution is 2.28. The van der Waals surface area contributed by atoms with Crippen molar-refractivity contribution in [3.05, 3.63) is 34.4 Å². The van der Waals surface area contributed by atoms with Crippen LogP contribution in [0.1, 0.15) is 38.3 Å². The molecule has 0 atom stereocenters. The normalized spacial score (nSPS) is 14.2. The van der Waals surface area contributed by atoms with Crippen LogP contribution < -0.4 is 0 Å². The van der Waals surface area contributed by atoms with E-state index in [1.807, 2.05) is 6.92 Å². The summed E-state index contributed by atoms with van der Waals surface area (Å²) in [6.07, 6.45) is 1.13. The van der Waals surface area contributed by atoms with Crippen molar-refractivity contribution in [1.82, 2.24) is 0 Å². The lowest BCUT2D eigenvalue weighted by Crippen LogP contribution is -2.06. The van der Waals surface area contributed by atoms with Crippen molar-refractivity contribution in [3.8, 4) is 0 Å². The summed E-state index contributed by atoms with van der Waals surface area (Å²) in [5.74, 6) is -1.06. The zero-order valence-electron chi connectivity index (χ0n) is 7.83. The van der Waals surface area contributed by atoms with E-state index in [1.54, 1.807) is 6.07 Å². The molecular weight excluding hydrogens is 180 g/mol. The minimum Gasteiger partial charge on any atom is -0.478 e. The van der Waals surface area contributed by atoms with Crippen LogP contribution in [0.15, 0.2) is 12.1 Å². The van der Waals surface area contributed by atoms with Gasteiger partial charge < -0.3 is 5.11 Å². The lowest BCUT2D eigenvalue weighted by Gasteiger charge is -2.05. The number of aryl methyl sites for hydroxylation is 1. The molecule has 1 aliphatic rings. The van der Waals surface area contributed by atoms with Crippen LogP contribution in [-0.2, 0) is 6.42 Å². The number of benzene rings is 1. The molecule has 0 radical (unpaired) electrons. The van der Waals surface area contributed by atoms with Crippen LogP contribution in [0.25, 0.3) is 0 Å². The first-order chi connectivity index (χ1) is 6.61. The van der Waals surface area contributed by atoms with E-state index >= 15 is 0 Å². The molecule has 0 saturated heterocycles. The van der Waals surface area contributed by atoms with Crippen LogP contribution in [0.5, 0.6) is 0 Å². The number of Topliss-reactive ketones (excluding diaryl/α,β-unsaturated/α-hetero) is 1. The van der Waals surface area contributed by atoms with Gasteiger partial charge in [-0.25, -0.2) is 4.79 Å². The largest absolute Gasteiger partial charge is 0.478 e. The molecule has 1 N–H and O–H groups in total. The molecule has 0 aliphatic heterocycles. The number of carbonyl (C=O) groups is 2. The minimum absolute atomic E-state index is 0.0406. The van der Waals surface area contributed by atoms with Crippen molar-refractivity contribution in [3.63, 3.8) is 0 Å². The predicted molar refractivity (Wildman–Crippen MR) is 50.8 cm³/mol. The summed E-state index contributed by atoms with van der Waals surface area (Å²) >= 11 is 0. The fraction of sp³-hybridized carbons (Fsp3) is 0.273. The monoisotopic (exact) mass is 190 g/mol. The SMILES string of the molecule is Cc1ccc(C(=O)O)c2c1CCC2=O. The summed E-state index contributed by atoms with van der Waals surface area (Å²) < 4.78 is 0. The second-order valence-corrected chi connectivity index (χ2v) is 3.51. The molecule has 0 heterocycles. The molecule has 0 saturated carbocycles. The third-order valence-electron chi connectivity index (χ3n) is 2.66. The maximum Gasteiger partial charge on any atom is 0.336 e. The van der Waals surface area contributed by atoms with E-state index in [0.29, 0.717) is 18.4 Å². The van der Waals surface area contributed by atoms with Gasteiger partial charge in [0.05, 0.1) is 5.56 Å². The summed E-state index contributed by atoms with van der Waals surface area (Å²) in [5.41, 5.74) is 2.50. The number of carboxylic acids is 1. The molecule has 0 aromatic heterocycles. The molecule has 0 unspecified atom stereocenters. The molecule has 3 heteroatoms. The third kappa shape index (κ3) is 1.13. The van der Waals surface area contributed by atoms with Crippen LogP contribution >= 0.6 is 0 Å². The first-order valence-corrected chi connectivity index (χ1v) is 4.50. The number of carboxylic acid groups (broad SMARTS) is 1. The van der Waals surface area contributed by atoms with E-state index in [4.69, 9.17) is 5.11 Å². The molecule has 0 bridgehead atoms. The number of carbonyl (C=O) groups excluding carboxylic acids is 1. The number of fused-ring (bicyclic) bond motifs is 1. The van der Waals surface area contributed by atoms with Gasteiger partial charge in [-0.15, -0.1) is 0 Å². The van der Waals surface area contributed by atoms with Crippen molar-refractivity contribution < 1.29 is 14.7 Å². The maximum absolute atomic E-state index is 11.5. The molecule has 1 aromatic carbocycles. The van der Waals surface area contributed by atoms with Crippen molar-refractivity contribution in [1.29, 1.82) is 0 Å². The highest BCUT2D eigenvalue weighted by atomic mass is 16.4. The Morgan fingerprint density at radius 3 is 2.71 bits per heavy atom. The summed E-state index contributed by atoms with van der Waals surface area (Å²) in [6.45, 7) is 1.91. The summed E-state index contributed by atoms with van der Waals surface area (Å²) in [6, 6.07) is 3.28. The topological polar surface area (TPSA) is 54.4 Å². The Hall–Kier alpha value is -1.64. The van der Waals surface area contributed by atoms with E-state index in [2.05, 4.69) is 0 Å². The molecule has 3 nitrogen and oxygen atoms in total. The van der Waals surface area contributed by atoms with Crippen LogP contribution in [-0.4, -0.2) is 16.9 Å². The number of ketones is 1. The van der Waals surface area contributed by atoms with Gasteiger partial charge in [-0.2, -0.15) is 0 Å². The molecule has 0 fully saturated rings. The van der Waals surface area contributed by atoms with Crippen molar-refractivity contribution in [2.45, 2.75) is 19.8 Å². The standard InChI is InChI=1S/C11H10O3/c1-6-2-3-8(11(13)14)10-7(6)4-5-9(10)12/h2-3H,4-5H2,1H3,(H,13,14). The maximum atomic E-state index is 11.5. The average Bonchev–Trinajstić information content (AvgIpc) is 2.50. The highest BCUT2D eigenvalue weighted by Gasteiger charge is 2.26. The Bertz CT molecular complexity index is 432. The molecule has 0 amide bonds. The van der Waals surface area contributed by atoms with Gasteiger partial charge in [-0.1, -0.05) is 6.07 Å². The van der Waals surface area contributed by atoms with Crippen molar-refractivity contribution in [2.24, 2.45) is 0 Å². The lowest BCUT2D eigenvalue weighted by molar-refractivity contribution is 0.0692. The van der Waals surface area contributed by atoms with E-state index in [-0.39, 0.29) is 11.3 Å². The van der Waals surface area contributed by atoms with E-state index in [1.165, 1.54) is 6.07 Å². The molecule has 1 aromatic rings. The zero-order chi connectivity index (χ0) is 10.3. The van der Waals surface area contributed by atoms with Crippen molar-refractivity contribution in [2.75, 3.05) is 0 Å². The van der Waals surface area contributed by atoms with Gasteiger partial charge in [-0.05, 0) is 30.5 Å². The smallest absolute Gasteiger partial charge is 0.336 e. The van der Waals surface area contributed by atoms with Crippen LogP contribution in [0.2, 0.25) is 0 Å². The van der Waals surface area contributed by atoms with Crippen LogP contribution in [0.3, 0.4) is 0 Å². The van der Waals surface area contributed by atoms with Gasteiger partial charge in [-0.3, -0.25) is 4.79 Å². The Morgan fingerprint density at radius 2 is 2.07 bits per heavy atom. The molecule has 72 valence electrons. The summed E-state index contributed by atoms with van der Waals surface area (Å²) in [4.78, 5) is 22.3. The van der Waals surface area contributed by atoms with Gasteiger partial charge >= 0.3 is 5.97 Å². The fourth-order valence-electron chi connectivity index (χ4n) is 1.93. The second-order valence-electron chi connectivity index (χ2n) is 3.51. The van der Waals surface area contributed by atoms with E-state index in [9.17, 15) is 9.59 Å². The molecule has 2 rings (SSSR count). The van der Waals surface area contributed by atoms with Crippen LogP contribution in [0, 0.1) is 6.92 Å². The lowest BCUT2D eigenvalue weighted by atomic mass is 9.99. The third-order valence-corrected chi connectivity index (χ3v) is 2.66. The van der Waals surface area contributed by atoms with Gasteiger partial charge in [0.1, 0.15) is 0 Å². The second kappa shape index (κ2) is 2.94. The molecule has 1 aliphatic carbocycles. The Balaban J connectivity index is 2.72. The number of aromatic carboxylic acids is 1. The Morgan fingerprint density at radius 1 is 1.36 bits per heavy atom. The summed E-state index contributed by atoms with van der Waals surface area (Å²) in [7, 11) is 0. The number of hydrogen-bond acceptors (Lipinski definition) is 2. The summed E-state index contributed by atoms with van der Waals surface area (Å²) in [5, 5.41) is 8.91. The van der Waals surface area contributed by atoms with E-state index in [0.717, 1.165) is 11.1 Å². The highest BCUT2D eigenvalue weighted by molar-refractivity contribution is 6.09. The van der Waals surface area contributed by atoms with Gasteiger partial charge in [0.2, 0.25) is 0 Å². The van der Waals surface area contributed by atoms with Gasteiger partial charge in [0, 0.05) is 12.0 Å². The van der Waals surface area contributed by atoms with Gasteiger partial charge in [0.25, 0.3) is 0 Å². The van der Waals surface area contributed by atoms with Gasteiger partial charge in [0.15, 0.2) is 5.78 Å². The first-order valence-electron chi connectivity index (χ1n) is 4.50. The Labute approximate surface area is 81.4 Å².